The molecule has 0 spiro atoms. The second-order valence-corrected chi connectivity index (χ2v) is 8.97. The standard InChI is InChI=1S/C19H32N4OS.2ClH/c1-15-6-5-9-23(11-15)12-16-13-25-18(21-16)22-17(24)10-19(14-20)7-3-2-4-8-19;;/h13,15H,2-12,14,20H2,1H3,(H,21,22,24);2*1H. The molecule has 1 aliphatic heterocycles. The van der Waals surface area contributed by atoms with Gasteiger partial charge in [0.15, 0.2) is 5.13 Å². The summed E-state index contributed by atoms with van der Waals surface area (Å²) in [5.74, 6) is 0.842. The van der Waals surface area contributed by atoms with Crippen LogP contribution in [0.25, 0.3) is 0 Å². The van der Waals surface area contributed by atoms with Crippen molar-refractivity contribution in [2.45, 2.75) is 64.8 Å². The summed E-state index contributed by atoms with van der Waals surface area (Å²) < 4.78 is 0. The molecule has 5 nitrogen and oxygen atoms in total. The van der Waals surface area contributed by atoms with Gasteiger partial charge in [-0.05, 0) is 50.1 Å². The van der Waals surface area contributed by atoms with Crippen LogP contribution in [0.15, 0.2) is 5.38 Å². The van der Waals surface area contributed by atoms with Crippen molar-refractivity contribution < 1.29 is 4.79 Å². The molecule has 0 aromatic carbocycles. The minimum absolute atomic E-state index is 0. The van der Waals surface area contributed by atoms with Crippen molar-refractivity contribution in [3.8, 4) is 0 Å². The largest absolute Gasteiger partial charge is 0.330 e. The molecule has 1 amide bonds. The molecule has 2 fully saturated rings. The smallest absolute Gasteiger partial charge is 0.226 e. The summed E-state index contributed by atoms with van der Waals surface area (Å²) in [7, 11) is 0. The zero-order chi connectivity index (χ0) is 17.7. The van der Waals surface area contributed by atoms with Gasteiger partial charge in [0.25, 0.3) is 0 Å². The first-order chi connectivity index (χ1) is 12.1. The van der Waals surface area contributed by atoms with E-state index in [4.69, 9.17) is 5.73 Å². The van der Waals surface area contributed by atoms with E-state index in [1.807, 2.05) is 0 Å². The number of rotatable bonds is 6. The van der Waals surface area contributed by atoms with Gasteiger partial charge in [-0.15, -0.1) is 36.2 Å². The van der Waals surface area contributed by atoms with Crippen molar-refractivity contribution in [2.75, 3.05) is 25.0 Å². The molecule has 1 aliphatic carbocycles. The first kappa shape index (κ1) is 24.6. The van der Waals surface area contributed by atoms with Gasteiger partial charge in [-0.3, -0.25) is 9.69 Å². The monoisotopic (exact) mass is 436 g/mol. The molecule has 1 aromatic rings. The van der Waals surface area contributed by atoms with Crippen LogP contribution in [-0.2, 0) is 11.3 Å². The van der Waals surface area contributed by atoms with Crippen LogP contribution in [0.4, 0.5) is 5.13 Å². The molecule has 3 rings (SSSR count). The van der Waals surface area contributed by atoms with Crippen LogP contribution in [0, 0.1) is 11.3 Å². The number of piperidine rings is 1. The average Bonchev–Trinajstić information content (AvgIpc) is 3.02. The second kappa shape index (κ2) is 11.6. The van der Waals surface area contributed by atoms with Crippen LogP contribution in [0.3, 0.4) is 0 Å². The first-order valence-electron chi connectivity index (χ1n) is 9.75. The molecule has 2 aliphatic rings. The number of anilines is 1. The lowest BCUT2D eigenvalue weighted by Gasteiger charge is -2.35. The van der Waals surface area contributed by atoms with Crippen LogP contribution >= 0.6 is 36.2 Å². The maximum absolute atomic E-state index is 12.5. The fourth-order valence-electron chi connectivity index (χ4n) is 4.36. The van der Waals surface area contributed by atoms with Gasteiger partial charge < -0.3 is 11.1 Å². The molecular weight excluding hydrogens is 403 g/mol. The fourth-order valence-corrected chi connectivity index (χ4v) is 5.07. The van der Waals surface area contributed by atoms with Gasteiger partial charge in [-0.2, -0.15) is 0 Å². The molecule has 8 heteroatoms. The van der Waals surface area contributed by atoms with E-state index < -0.39 is 0 Å². The van der Waals surface area contributed by atoms with Crippen molar-refractivity contribution in [2.24, 2.45) is 17.1 Å². The lowest BCUT2D eigenvalue weighted by molar-refractivity contribution is -0.118. The Balaban J connectivity index is 0.00000182. The molecule has 1 saturated carbocycles. The van der Waals surface area contributed by atoms with Crippen molar-refractivity contribution in [1.29, 1.82) is 0 Å². The molecule has 2 heterocycles. The third-order valence-corrected chi connectivity index (χ3v) is 6.61. The van der Waals surface area contributed by atoms with Gasteiger partial charge in [0.2, 0.25) is 5.91 Å². The minimum atomic E-state index is 0. The SMILES string of the molecule is CC1CCCN(Cc2csc(NC(=O)CC3(CN)CCCCC3)n2)C1.Cl.Cl. The van der Waals surface area contributed by atoms with Crippen molar-refractivity contribution in [1.82, 2.24) is 9.88 Å². The highest BCUT2D eigenvalue weighted by Gasteiger charge is 2.33. The number of hydrogen-bond acceptors (Lipinski definition) is 5. The van der Waals surface area contributed by atoms with Gasteiger partial charge >= 0.3 is 0 Å². The van der Waals surface area contributed by atoms with Crippen molar-refractivity contribution in [3.05, 3.63) is 11.1 Å². The van der Waals surface area contributed by atoms with Crippen LogP contribution < -0.4 is 11.1 Å². The summed E-state index contributed by atoms with van der Waals surface area (Å²) in [4.78, 5) is 19.6. The number of thiazole rings is 1. The summed E-state index contributed by atoms with van der Waals surface area (Å²) in [6.45, 7) is 6.12. The van der Waals surface area contributed by atoms with E-state index in [1.165, 1.54) is 43.4 Å². The zero-order valence-electron chi connectivity index (χ0n) is 16.2. The summed E-state index contributed by atoms with van der Waals surface area (Å²) >= 11 is 1.53. The number of nitrogens with one attached hydrogen (secondary N) is 1. The highest BCUT2D eigenvalue weighted by atomic mass is 35.5. The molecule has 1 aromatic heterocycles. The Bertz CT molecular complexity index is 578. The lowest BCUT2D eigenvalue weighted by Crippen LogP contribution is -2.36. The quantitative estimate of drug-likeness (QED) is 0.690. The fraction of sp³-hybridized carbons (Fsp3) is 0.789. The summed E-state index contributed by atoms with van der Waals surface area (Å²) in [6.07, 6.45) is 8.95. The Morgan fingerprint density at radius 2 is 2.07 bits per heavy atom. The van der Waals surface area contributed by atoms with E-state index >= 15 is 0 Å². The van der Waals surface area contributed by atoms with Gasteiger partial charge in [0.1, 0.15) is 0 Å². The second-order valence-electron chi connectivity index (χ2n) is 8.12. The third-order valence-electron chi connectivity index (χ3n) is 5.81. The highest BCUT2D eigenvalue weighted by molar-refractivity contribution is 7.13. The number of hydrogen-bond donors (Lipinski definition) is 2. The average molecular weight is 437 g/mol. The van der Waals surface area contributed by atoms with E-state index in [0.717, 1.165) is 49.2 Å². The number of nitrogens with zero attached hydrogens (tertiary/aromatic N) is 2. The molecule has 27 heavy (non-hydrogen) atoms. The van der Waals surface area contributed by atoms with Gasteiger partial charge in [0.05, 0.1) is 5.69 Å². The number of carbonyl (C=O) groups is 1. The Morgan fingerprint density at radius 3 is 2.74 bits per heavy atom. The predicted octanol–water partition coefficient (Wildman–Crippen LogP) is 4.46. The number of amides is 1. The van der Waals surface area contributed by atoms with E-state index in [2.05, 4.69) is 27.5 Å². The van der Waals surface area contributed by atoms with E-state index in [0.29, 0.717) is 13.0 Å². The Kier molecular flexibility index (Phi) is 10.6. The number of aromatic nitrogens is 1. The summed E-state index contributed by atoms with van der Waals surface area (Å²) in [5.41, 5.74) is 7.08. The van der Waals surface area contributed by atoms with Crippen LogP contribution in [0.2, 0.25) is 0 Å². The van der Waals surface area contributed by atoms with E-state index in [-0.39, 0.29) is 36.1 Å². The van der Waals surface area contributed by atoms with Gasteiger partial charge in [-0.25, -0.2) is 4.98 Å². The molecule has 1 atom stereocenters. The number of likely N-dealkylation sites (tertiary alicyclic amines) is 1. The van der Waals surface area contributed by atoms with E-state index in [9.17, 15) is 4.79 Å². The lowest BCUT2D eigenvalue weighted by atomic mass is 9.72. The minimum Gasteiger partial charge on any atom is -0.330 e. The van der Waals surface area contributed by atoms with Crippen LogP contribution in [-0.4, -0.2) is 35.4 Å². The molecule has 1 unspecified atom stereocenters. The third kappa shape index (κ3) is 7.17. The Morgan fingerprint density at radius 1 is 1.33 bits per heavy atom. The Labute approximate surface area is 179 Å². The first-order valence-corrected chi connectivity index (χ1v) is 10.6. The van der Waals surface area contributed by atoms with Crippen LogP contribution in [0.1, 0.15) is 64.0 Å². The topological polar surface area (TPSA) is 71.2 Å². The van der Waals surface area contributed by atoms with Crippen molar-refractivity contribution in [3.63, 3.8) is 0 Å². The zero-order valence-corrected chi connectivity index (χ0v) is 18.7. The number of nitrogens with two attached hydrogens (primary N) is 1. The molecule has 156 valence electrons. The molecule has 3 N–H and O–H groups in total. The normalized spacial score (nSPS) is 22.4. The Hall–Kier alpha value is -0.400. The maximum atomic E-state index is 12.5. The van der Waals surface area contributed by atoms with Crippen molar-refractivity contribution >= 4 is 47.2 Å². The van der Waals surface area contributed by atoms with E-state index in [1.54, 1.807) is 0 Å². The molecule has 0 bridgehead atoms. The maximum Gasteiger partial charge on any atom is 0.226 e. The summed E-state index contributed by atoms with van der Waals surface area (Å²) in [5, 5.41) is 5.82. The van der Waals surface area contributed by atoms with Crippen LogP contribution in [0.5, 0.6) is 0 Å². The van der Waals surface area contributed by atoms with Gasteiger partial charge in [0, 0.05) is 24.9 Å². The van der Waals surface area contributed by atoms with Gasteiger partial charge in [-0.1, -0.05) is 26.2 Å². The molecular formula is C19H34Cl2N4OS. The highest BCUT2D eigenvalue weighted by Crippen LogP contribution is 2.38. The molecule has 1 saturated heterocycles. The molecule has 0 radical (unpaired) electrons. The summed E-state index contributed by atoms with van der Waals surface area (Å²) in [6, 6.07) is 0. The number of halogens is 2. The number of carbonyl (C=O) groups excluding carboxylic acids is 1. The predicted molar refractivity (Wildman–Crippen MR) is 118 cm³/mol.